The van der Waals surface area contributed by atoms with Crippen LogP contribution in [0, 0.1) is 0 Å². The Morgan fingerprint density at radius 3 is 2.17 bits per heavy atom. The number of benzene rings is 1. The van der Waals surface area contributed by atoms with E-state index in [0.717, 1.165) is 0 Å². The van der Waals surface area contributed by atoms with Crippen molar-refractivity contribution in [1.29, 1.82) is 0 Å². The van der Waals surface area contributed by atoms with Gasteiger partial charge in [-0.1, -0.05) is 23.2 Å². The SMILES string of the molecule is O=C1CC(C(F)(F)F)OC1c1cc(Cl)cc(Cl)c1. The number of ether oxygens (including phenoxy) is 1. The molecule has 0 saturated carbocycles. The van der Waals surface area contributed by atoms with Crippen LogP contribution in [0.3, 0.4) is 0 Å². The molecule has 1 saturated heterocycles. The van der Waals surface area contributed by atoms with Gasteiger partial charge in [-0.05, 0) is 23.8 Å². The average molecular weight is 299 g/mol. The third-order valence-electron chi connectivity index (χ3n) is 2.53. The van der Waals surface area contributed by atoms with Gasteiger partial charge in [0.2, 0.25) is 0 Å². The summed E-state index contributed by atoms with van der Waals surface area (Å²) in [7, 11) is 0. The number of Topliss-reactive ketones (excluding diaryl/α,β-unsaturated/α-hetero) is 1. The third kappa shape index (κ3) is 2.79. The number of ketones is 1. The molecule has 2 unspecified atom stereocenters. The number of hydrogen-bond acceptors (Lipinski definition) is 2. The fraction of sp³-hybridized carbons (Fsp3) is 0.364. The first kappa shape index (κ1) is 13.6. The van der Waals surface area contributed by atoms with Crippen LogP contribution in [0.15, 0.2) is 18.2 Å². The molecular weight excluding hydrogens is 292 g/mol. The second-order valence-electron chi connectivity index (χ2n) is 3.92. The van der Waals surface area contributed by atoms with Gasteiger partial charge in [0.05, 0.1) is 0 Å². The number of carbonyl (C=O) groups is 1. The lowest BCUT2D eigenvalue weighted by Crippen LogP contribution is -2.27. The van der Waals surface area contributed by atoms with Crippen molar-refractivity contribution in [2.24, 2.45) is 0 Å². The van der Waals surface area contributed by atoms with Crippen LogP contribution in [-0.4, -0.2) is 18.1 Å². The quantitative estimate of drug-likeness (QED) is 0.784. The van der Waals surface area contributed by atoms with E-state index in [1.807, 2.05) is 0 Å². The Bertz CT molecular complexity index is 467. The van der Waals surface area contributed by atoms with Gasteiger partial charge in [0.1, 0.15) is 6.10 Å². The first-order valence-corrected chi connectivity index (χ1v) is 5.74. The largest absolute Gasteiger partial charge is 0.415 e. The third-order valence-corrected chi connectivity index (χ3v) is 2.97. The lowest BCUT2D eigenvalue weighted by Gasteiger charge is -2.15. The van der Waals surface area contributed by atoms with Gasteiger partial charge in [-0.3, -0.25) is 4.79 Å². The van der Waals surface area contributed by atoms with Crippen molar-refractivity contribution in [3.63, 3.8) is 0 Å². The molecule has 18 heavy (non-hydrogen) atoms. The summed E-state index contributed by atoms with van der Waals surface area (Å²) >= 11 is 11.5. The van der Waals surface area contributed by atoms with Gasteiger partial charge in [0.25, 0.3) is 0 Å². The van der Waals surface area contributed by atoms with Crippen LogP contribution in [0.25, 0.3) is 0 Å². The molecule has 1 aliphatic rings. The highest BCUT2D eigenvalue weighted by atomic mass is 35.5. The molecule has 2 nitrogen and oxygen atoms in total. The maximum Gasteiger partial charge on any atom is 0.415 e. The van der Waals surface area contributed by atoms with E-state index in [-0.39, 0.29) is 15.6 Å². The molecule has 1 aliphatic heterocycles. The predicted octanol–water partition coefficient (Wildman–Crippen LogP) is 3.95. The van der Waals surface area contributed by atoms with Crippen LogP contribution in [0.4, 0.5) is 13.2 Å². The van der Waals surface area contributed by atoms with E-state index >= 15 is 0 Å². The second-order valence-corrected chi connectivity index (χ2v) is 4.79. The minimum atomic E-state index is -4.55. The first-order chi connectivity index (χ1) is 8.27. The summed E-state index contributed by atoms with van der Waals surface area (Å²) in [6, 6.07) is 4.16. The summed E-state index contributed by atoms with van der Waals surface area (Å²) in [6.07, 6.45) is -8.55. The van der Waals surface area contributed by atoms with Crippen LogP contribution in [0.1, 0.15) is 18.1 Å². The molecule has 0 spiro atoms. The van der Waals surface area contributed by atoms with Crippen molar-refractivity contribution < 1.29 is 22.7 Å². The highest BCUT2D eigenvalue weighted by molar-refractivity contribution is 6.34. The summed E-state index contributed by atoms with van der Waals surface area (Å²) in [5, 5.41) is 0.480. The second kappa shape index (κ2) is 4.72. The lowest BCUT2D eigenvalue weighted by atomic mass is 10.1. The Labute approximate surface area is 111 Å². The van der Waals surface area contributed by atoms with Crippen molar-refractivity contribution in [2.45, 2.75) is 24.8 Å². The van der Waals surface area contributed by atoms with Gasteiger partial charge >= 0.3 is 6.18 Å². The summed E-state index contributed by atoms with van der Waals surface area (Å²) in [4.78, 5) is 11.5. The topological polar surface area (TPSA) is 26.3 Å². The molecule has 0 radical (unpaired) electrons. The number of rotatable bonds is 1. The molecule has 0 aliphatic carbocycles. The zero-order valence-corrected chi connectivity index (χ0v) is 10.3. The predicted molar refractivity (Wildman–Crippen MR) is 59.8 cm³/mol. The van der Waals surface area contributed by atoms with E-state index in [1.165, 1.54) is 18.2 Å². The molecule has 98 valence electrons. The van der Waals surface area contributed by atoms with E-state index in [4.69, 9.17) is 27.9 Å². The maximum absolute atomic E-state index is 12.5. The maximum atomic E-state index is 12.5. The fourth-order valence-electron chi connectivity index (χ4n) is 1.76. The summed E-state index contributed by atoms with van der Waals surface area (Å²) < 4.78 is 42.1. The number of halogens is 5. The van der Waals surface area contributed by atoms with Gasteiger partial charge in [-0.2, -0.15) is 13.2 Å². The summed E-state index contributed by atoms with van der Waals surface area (Å²) in [6.45, 7) is 0. The average Bonchev–Trinajstić information content (AvgIpc) is 2.58. The molecule has 1 heterocycles. The van der Waals surface area contributed by atoms with Crippen molar-refractivity contribution in [1.82, 2.24) is 0 Å². The minimum absolute atomic E-state index is 0.240. The number of alkyl halides is 3. The van der Waals surface area contributed by atoms with Crippen molar-refractivity contribution in [2.75, 3.05) is 0 Å². The van der Waals surface area contributed by atoms with Gasteiger partial charge < -0.3 is 4.74 Å². The Morgan fingerprint density at radius 1 is 1.17 bits per heavy atom. The molecule has 0 bridgehead atoms. The standard InChI is InChI=1S/C11H7Cl2F3O2/c12-6-1-5(2-7(13)3-6)10-8(17)4-9(18-10)11(14,15)16/h1-3,9-10H,4H2. The van der Waals surface area contributed by atoms with Crippen molar-refractivity contribution in [3.8, 4) is 0 Å². The van der Waals surface area contributed by atoms with Crippen LogP contribution < -0.4 is 0 Å². The van der Waals surface area contributed by atoms with Crippen LogP contribution in [0.5, 0.6) is 0 Å². The van der Waals surface area contributed by atoms with Crippen LogP contribution >= 0.6 is 23.2 Å². The van der Waals surface area contributed by atoms with Crippen LogP contribution in [-0.2, 0) is 9.53 Å². The van der Waals surface area contributed by atoms with Crippen molar-refractivity contribution >= 4 is 29.0 Å². The van der Waals surface area contributed by atoms with Gasteiger partial charge in [0.15, 0.2) is 11.9 Å². The molecule has 1 aromatic carbocycles. The van der Waals surface area contributed by atoms with Gasteiger partial charge in [-0.15, -0.1) is 0 Å². The van der Waals surface area contributed by atoms with Gasteiger partial charge in [-0.25, -0.2) is 0 Å². The molecule has 0 N–H and O–H groups in total. The highest BCUT2D eigenvalue weighted by Crippen LogP contribution is 2.38. The van der Waals surface area contributed by atoms with Gasteiger partial charge in [0, 0.05) is 16.5 Å². The molecular formula is C11H7Cl2F3O2. The lowest BCUT2D eigenvalue weighted by molar-refractivity contribution is -0.215. The van der Waals surface area contributed by atoms with E-state index in [0.29, 0.717) is 0 Å². The monoisotopic (exact) mass is 298 g/mol. The zero-order chi connectivity index (χ0) is 13.5. The number of hydrogen-bond donors (Lipinski definition) is 0. The Morgan fingerprint density at radius 2 is 1.72 bits per heavy atom. The Kier molecular flexibility index (Phi) is 3.58. The van der Waals surface area contributed by atoms with Crippen LogP contribution in [0.2, 0.25) is 10.0 Å². The normalized spacial score (nSPS) is 24.6. The molecule has 2 atom stereocenters. The summed E-state index contributed by atoms with van der Waals surface area (Å²) in [5.41, 5.74) is 0.240. The first-order valence-electron chi connectivity index (χ1n) is 4.98. The fourth-order valence-corrected chi connectivity index (χ4v) is 2.30. The molecule has 7 heteroatoms. The zero-order valence-electron chi connectivity index (χ0n) is 8.80. The molecule has 2 rings (SSSR count). The molecule has 1 fully saturated rings. The van der Waals surface area contributed by atoms with Crippen molar-refractivity contribution in [3.05, 3.63) is 33.8 Å². The Hall–Kier alpha value is -0.780. The smallest absolute Gasteiger partial charge is 0.353 e. The Balaban J connectivity index is 2.27. The minimum Gasteiger partial charge on any atom is -0.353 e. The van der Waals surface area contributed by atoms with E-state index in [1.54, 1.807) is 0 Å². The van der Waals surface area contributed by atoms with E-state index in [2.05, 4.69) is 0 Å². The molecule has 1 aromatic rings. The molecule has 0 aromatic heterocycles. The summed E-state index contributed by atoms with van der Waals surface area (Å²) in [5.74, 6) is -0.629. The van der Waals surface area contributed by atoms with E-state index in [9.17, 15) is 18.0 Å². The van der Waals surface area contributed by atoms with E-state index < -0.39 is 30.6 Å². The number of carbonyl (C=O) groups excluding carboxylic acids is 1. The molecule has 0 amide bonds. The highest BCUT2D eigenvalue weighted by Gasteiger charge is 2.49.